The van der Waals surface area contributed by atoms with Crippen molar-refractivity contribution in [3.8, 4) is 11.1 Å². The van der Waals surface area contributed by atoms with Crippen molar-refractivity contribution in [1.29, 1.82) is 0 Å². The number of nitrogens with zero attached hydrogens (tertiary/aromatic N) is 2. The first-order chi connectivity index (χ1) is 18.3. The summed E-state index contributed by atoms with van der Waals surface area (Å²) in [5.41, 5.74) is 3.40. The monoisotopic (exact) mass is 536 g/mol. The highest BCUT2D eigenvalue weighted by Crippen LogP contribution is 2.48. The summed E-state index contributed by atoms with van der Waals surface area (Å²) in [7, 11) is -4.39. The molecule has 0 saturated carbocycles. The molecule has 0 aliphatic carbocycles. The van der Waals surface area contributed by atoms with E-state index in [1.165, 1.54) is 20.9 Å². The number of benzene rings is 3. The van der Waals surface area contributed by atoms with E-state index in [2.05, 4.69) is 48.5 Å². The second-order valence-electron chi connectivity index (χ2n) is 9.37. The third kappa shape index (κ3) is 7.10. The van der Waals surface area contributed by atoms with E-state index in [1.54, 1.807) is 0 Å². The van der Waals surface area contributed by atoms with Gasteiger partial charge >= 0.3 is 13.7 Å². The molecule has 2 amide bonds. The fraction of sp³-hybridized carbons (Fsp3) is 0.310. The van der Waals surface area contributed by atoms with E-state index in [0.717, 1.165) is 5.56 Å². The van der Waals surface area contributed by atoms with E-state index < -0.39 is 31.4 Å². The zero-order valence-corrected chi connectivity index (χ0v) is 22.0. The Morgan fingerprint density at radius 1 is 0.763 bits per heavy atom. The average molecular weight is 537 g/mol. The number of carbonyl (C=O) groups is 2. The van der Waals surface area contributed by atoms with Gasteiger partial charge in [-0.1, -0.05) is 91.0 Å². The van der Waals surface area contributed by atoms with E-state index in [0.29, 0.717) is 32.4 Å². The van der Waals surface area contributed by atoms with Gasteiger partial charge in [0.1, 0.15) is 18.4 Å². The Kier molecular flexibility index (Phi) is 9.34. The van der Waals surface area contributed by atoms with Crippen LogP contribution in [0.3, 0.4) is 0 Å². The van der Waals surface area contributed by atoms with E-state index in [9.17, 15) is 23.9 Å². The number of amides is 2. The van der Waals surface area contributed by atoms with Crippen LogP contribution in [0.15, 0.2) is 91.0 Å². The van der Waals surface area contributed by atoms with Crippen LogP contribution in [0, 0.1) is 0 Å². The van der Waals surface area contributed by atoms with E-state index in [4.69, 9.17) is 4.74 Å². The molecule has 2 atom stereocenters. The average Bonchev–Trinajstić information content (AvgIpc) is 3.64. The lowest BCUT2D eigenvalue weighted by atomic mass is 10.1. The molecular formula is C29H33N2O6P. The molecule has 0 aromatic heterocycles. The van der Waals surface area contributed by atoms with Gasteiger partial charge in [-0.2, -0.15) is 0 Å². The molecule has 2 aliphatic rings. The zero-order chi connectivity index (χ0) is 27.0. The number of ether oxygens (including phenoxy) is 1. The lowest BCUT2D eigenvalue weighted by molar-refractivity contribution is -0.135. The fourth-order valence-electron chi connectivity index (χ4n) is 4.85. The smallest absolute Gasteiger partial charge is 0.410 e. The Morgan fingerprint density at radius 2 is 1.26 bits per heavy atom. The maximum absolute atomic E-state index is 12.8. The lowest BCUT2D eigenvalue weighted by Gasteiger charge is -2.31. The molecule has 8 nitrogen and oxygen atoms in total. The SMILES string of the molecule is O=C([C@@H]1CCCN1C(=O)OCc1ccccc1)N1CCCC1P(=O)(O)O.c1ccc(-c2ccccc2)cc1. The number of likely N-dealkylation sites (tertiary alicyclic amines) is 2. The summed E-state index contributed by atoms with van der Waals surface area (Å²) in [5, 5.41) is 0. The number of carbonyl (C=O) groups excluding carboxylic acids is 2. The Hall–Kier alpha value is -3.45. The van der Waals surface area contributed by atoms with E-state index in [1.807, 2.05) is 42.5 Å². The van der Waals surface area contributed by atoms with Gasteiger partial charge in [-0.25, -0.2) is 4.79 Å². The first kappa shape index (κ1) is 27.6. The predicted octanol–water partition coefficient (Wildman–Crippen LogP) is 5.27. The van der Waals surface area contributed by atoms with Crippen molar-refractivity contribution < 1.29 is 28.7 Å². The summed E-state index contributed by atoms with van der Waals surface area (Å²) < 4.78 is 16.9. The molecule has 3 aromatic rings. The summed E-state index contributed by atoms with van der Waals surface area (Å²) in [4.78, 5) is 46.8. The minimum atomic E-state index is -4.39. The molecule has 2 fully saturated rings. The maximum Gasteiger partial charge on any atom is 0.410 e. The normalized spacial score (nSPS) is 19.0. The van der Waals surface area contributed by atoms with Crippen LogP contribution in [-0.2, 0) is 20.7 Å². The maximum atomic E-state index is 12.8. The quantitative estimate of drug-likeness (QED) is 0.431. The van der Waals surface area contributed by atoms with Crippen molar-refractivity contribution in [2.75, 3.05) is 13.1 Å². The molecule has 1 unspecified atom stereocenters. The summed E-state index contributed by atoms with van der Waals surface area (Å²) >= 11 is 0. The summed E-state index contributed by atoms with van der Waals surface area (Å²) in [5.74, 6) is -1.48. The molecule has 38 heavy (non-hydrogen) atoms. The number of hydrogen-bond acceptors (Lipinski definition) is 4. The highest BCUT2D eigenvalue weighted by molar-refractivity contribution is 7.52. The first-order valence-corrected chi connectivity index (χ1v) is 14.5. The van der Waals surface area contributed by atoms with Crippen molar-refractivity contribution >= 4 is 19.6 Å². The van der Waals surface area contributed by atoms with Crippen LogP contribution in [0.5, 0.6) is 0 Å². The molecule has 2 N–H and O–H groups in total. The predicted molar refractivity (Wildman–Crippen MR) is 145 cm³/mol. The number of hydrogen-bond donors (Lipinski definition) is 2. The summed E-state index contributed by atoms with van der Waals surface area (Å²) in [6, 6.07) is 29.3. The van der Waals surface area contributed by atoms with Gasteiger partial charge in [0, 0.05) is 13.1 Å². The van der Waals surface area contributed by atoms with Gasteiger partial charge in [0.25, 0.3) is 0 Å². The Morgan fingerprint density at radius 3 is 1.82 bits per heavy atom. The minimum Gasteiger partial charge on any atom is -0.445 e. The van der Waals surface area contributed by atoms with Gasteiger partial charge in [0.15, 0.2) is 0 Å². The van der Waals surface area contributed by atoms with Crippen LogP contribution >= 0.6 is 7.60 Å². The van der Waals surface area contributed by atoms with E-state index in [-0.39, 0.29) is 13.0 Å². The van der Waals surface area contributed by atoms with Crippen LogP contribution in [-0.4, -0.2) is 56.5 Å². The highest BCUT2D eigenvalue weighted by atomic mass is 31.2. The topological polar surface area (TPSA) is 107 Å². The molecule has 2 aliphatic heterocycles. The first-order valence-electron chi connectivity index (χ1n) is 12.8. The van der Waals surface area contributed by atoms with Gasteiger partial charge in [0.2, 0.25) is 5.91 Å². The molecule has 2 heterocycles. The largest absolute Gasteiger partial charge is 0.445 e. The van der Waals surface area contributed by atoms with Gasteiger partial charge in [0.05, 0.1) is 0 Å². The van der Waals surface area contributed by atoms with Gasteiger partial charge in [-0.05, 0) is 42.4 Å². The highest BCUT2D eigenvalue weighted by Gasteiger charge is 2.45. The summed E-state index contributed by atoms with van der Waals surface area (Å²) in [6.45, 7) is 0.822. The molecule has 9 heteroatoms. The van der Waals surface area contributed by atoms with Crippen molar-refractivity contribution in [3.63, 3.8) is 0 Å². The summed E-state index contributed by atoms with van der Waals surface area (Å²) in [6.07, 6.45) is 1.39. The molecule has 2 saturated heterocycles. The van der Waals surface area contributed by atoms with Crippen LogP contribution in [0.4, 0.5) is 4.79 Å². The van der Waals surface area contributed by atoms with Crippen LogP contribution < -0.4 is 0 Å². The third-order valence-electron chi connectivity index (χ3n) is 6.75. The van der Waals surface area contributed by atoms with Gasteiger partial charge in [-0.15, -0.1) is 0 Å². The molecule has 5 rings (SSSR count). The lowest BCUT2D eigenvalue weighted by Crippen LogP contribution is -2.49. The van der Waals surface area contributed by atoms with Crippen LogP contribution in [0.1, 0.15) is 31.2 Å². The van der Waals surface area contributed by atoms with Gasteiger partial charge < -0.3 is 19.4 Å². The molecule has 0 radical (unpaired) electrons. The second-order valence-corrected chi connectivity index (χ2v) is 11.1. The molecule has 0 spiro atoms. The van der Waals surface area contributed by atoms with E-state index >= 15 is 0 Å². The minimum absolute atomic E-state index is 0.117. The Balaban J connectivity index is 0.000000232. The Bertz CT molecular complexity index is 1200. The van der Waals surface area contributed by atoms with Crippen molar-refractivity contribution in [1.82, 2.24) is 9.80 Å². The van der Waals surface area contributed by atoms with Gasteiger partial charge in [-0.3, -0.25) is 14.3 Å². The number of rotatable bonds is 5. The Labute approximate surface area is 223 Å². The molecule has 0 bridgehead atoms. The fourth-order valence-corrected chi connectivity index (χ4v) is 5.96. The van der Waals surface area contributed by atoms with Crippen molar-refractivity contribution in [2.24, 2.45) is 0 Å². The second kappa shape index (κ2) is 12.9. The molecule has 3 aromatic carbocycles. The third-order valence-corrected chi connectivity index (χ3v) is 8.06. The molecule has 200 valence electrons. The standard InChI is InChI=1S/C17H23N2O6P.C12H10/c20-16(19-11-5-9-15(19)26(22,23)24)14-8-4-10-18(14)17(21)25-12-13-6-2-1-3-7-13;1-3-7-11(8-4-1)12-9-5-2-6-10-12/h1-3,6-7,14-15H,4-5,8-12H2,(H2,22,23,24);1-10H/t14-,15?;/m0./s1. The molecular weight excluding hydrogens is 503 g/mol. The van der Waals surface area contributed by atoms with Crippen LogP contribution in [0.2, 0.25) is 0 Å². The van der Waals surface area contributed by atoms with Crippen LogP contribution in [0.25, 0.3) is 11.1 Å². The zero-order valence-electron chi connectivity index (χ0n) is 21.1. The van der Waals surface area contributed by atoms with Crippen molar-refractivity contribution in [2.45, 2.75) is 44.1 Å². The van der Waals surface area contributed by atoms with Crippen molar-refractivity contribution in [3.05, 3.63) is 96.6 Å².